The van der Waals surface area contributed by atoms with Crippen molar-refractivity contribution in [1.82, 2.24) is 5.32 Å². The zero-order valence-corrected chi connectivity index (χ0v) is 9.79. The lowest BCUT2D eigenvalue weighted by molar-refractivity contribution is -0.147. The van der Waals surface area contributed by atoms with Gasteiger partial charge >= 0.3 is 0 Å². The molecule has 88 valence electrons. The van der Waals surface area contributed by atoms with Gasteiger partial charge in [-0.15, -0.1) is 11.3 Å². The van der Waals surface area contributed by atoms with E-state index >= 15 is 0 Å². The molecular weight excluding hydrogens is 226 g/mol. The summed E-state index contributed by atoms with van der Waals surface area (Å²) in [7, 11) is 0. The first kappa shape index (κ1) is 11.6. The number of amides is 1. The predicted octanol–water partition coefficient (Wildman–Crippen LogP) is 0.822. The minimum absolute atomic E-state index is 0.0729. The highest BCUT2D eigenvalue weighted by Crippen LogP contribution is 2.08. The highest BCUT2D eigenvalue weighted by atomic mass is 32.1. The van der Waals surface area contributed by atoms with E-state index in [0.717, 1.165) is 6.42 Å². The Morgan fingerprint density at radius 3 is 3.19 bits per heavy atom. The number of ether oxygens (including phenoxy) is 2. The fourth-order valence-electron chi connectivity index (χ4n) is 1.52. The molecule has 4 nitrogen and oxygen atoms in total. The molecule has 5 heteroatoms. The van der Waals surface area contributed by atoms with Gasteiger partial charge in [-0.25, -0.2) is 0 Å². The molecule has 1 aromatic rings. The first-order valence-corrected chi connectivity index (χ1v) is 6.23. The largest absolute Gasteiger partial charge is 0.376 e. The van der Waals surface area contributed by atoms with Crippen LogP contribution in [0.15, 0.2) is 17.5 Å². The highest BCUT2D eigenvalue weighted by molar-refractivity contribution is 7.09. The number of rotatable bonds is 4. The third kappa shape index (κ3) is 3.30. The van der Waals surface area contributed by atoms with E-state index in [1.165, 1.54) is 4.88 Å². The van der Waals surface area contributed by atoms with Gasteiger partial charge < -0.3 is 14.8 Å². The molecule has 2 heterocycles. The highest BCUT2D eigenvalue weighted by Gasteiger charge is 2.21. The number of carbonyl (C=O) groups excluding carboxylic acids is 1. The van der Waals surface area contributed by atoms with E-state index in [0.29, 0.717) is 26.4 Å². The second-order valence-corrected chi connectivity index (χ2v) is 4.59. The van der Waals surface area contributed by atoms with E-state index in [1.54, 1.807) is 11.3 Å². The van der Waals surface area contributed by atoms with Crippen molar-refractivity contribution in [2.75, 3.05) is 26.4 Å². The maximum absolute atomic E-state index is 11.6. The molecule has 0 unspecified atom stereocenters. The third-order valence-corrected chi connectivity index (χ3v) is 3.30. The summed E-state index contributed by atoms with van der Waals surface area (Å²) in [6.45, 7) is 2.10. The Labute approximate surface area is 98.6 Å². The summed E-state index contributed by atoms with van der Waals surface area (Å²) in [5.41, 5.74) is 0. The van der Waals surface area contributed by atoms with Crippen molar-refractivity contribution in [3.8, 4) is 0 Å². The Balaban J connectivity index is 1.67. The van der Waals surface area contributed by atoms with Crippen LogP contribution < -0.4 is 5.32 Å². The minimum Gasteiger partial charge on any atom is -0.376 e. The molecule has 1 N–H and O–H groups in total. The van der Waals surface area contributed by atoms with E-state index in [1.807, 2.05) is 11.4 Å². The Kier molecular flexibility index (Phi) is 4.33. The lowest BCUT2D eigenvalue weighted by Gasteiger charge is -2.21. The number of hydrogen-bond acceptors (Lipinski definition) is 4. The molecule has 2 rings (SSSR count). The minimum atomic E-state index is -0.433. The summed E-state index contributed by atoms with van der Waals surface area (Å²) < 4.78 is 10.5. The Bertz CT molecular complexity index is 320. The van der Waals surface area contributed by atoms with Crippen LogP contribution in [0.25, 0.3) is 0 Å². The standard InChI is InChI=1S/C11H15NO3S/c13-11(10-8-14-5-6-15-10)12-4-3-9-2-1-7-16-9/h1-2,7,10H,3-6,8H2,(H,12,13)/t10-/m0/s1. The van der Waals surface area contributed by atoms with Gasteiger partial charge in [-0.1, -0.05) is 6.07 Å². The summed E-state index contributed by atoms with van der Waals surface area (Å²) in [6, 6.07) is 4.08. The van der Waals surface area contributed by atoms with Gasteiger partial charge in [-0.05, 0) is 17.9 Å². The van der Waals surface area contributed by atoms with Crippen LogP contribution in [0.2, 0.25) is 0 Å². The normalized spacial score (nSPS) is 20.6. The van der Waals surface area contributed by atoms with E-state index in [-0.39, 0.29) is 5.91 Å². The molecule has 0 spiro atoms. The molecule has 16 heavy (non-hydrogen) atoms. The second-order valence-electron chi connectivity index (χ2n) is 3.55. The van der Waals surface area contributed by atoms with Crippen LogP contribution in [-0.4, -0.2) is 38.4 Å². The van der Waals surface area contributed by atoms with E-state index in [4.69, 9.17) is 9.47 Å². The molecule has 0 radical (unpaired) electrons. The smallest absolute Gasteiger partial charge is 0.251 e. The van der Waals surface area contributed by atoms with Crippen molar-refractivity contribution in [2.45, 2.75) is 12.5 Å². The summed E-state index contributed by atoms with van der Waals surface area (Å²) in [5, 5.41) is 4.89. The van der Waals surface area contributed by atoms with Crippen LogP contribution in [0.4, 0.5) is 0 Å². The van der Waals surface area contributed by atoms with Crippen LogP contribution in [0.1, 0.15) is 4.88 Å². The maximum Gasteiger partial charge on any atom is 0.251 e. The van der Waals surface area contributed by atoms with Crippen molar-refractivity contribution in [1.29, 1.82) is 0 Å². The fraction of sp³-hybridized carbons (Fsp3) is 0.545. The number of hydrogen-bond donors (Lipinski definition) is 1. The number of carbonyl (C=O) groups is 1. The van der Waals surface area contributed by atoms with Gasteiger partial charge in [0.1, 0.15) is 0 Å². The number of thiophene rings is 1. The van der Waals surface area contributed by atoms with Crippen LogP contribution >= 0.6 is 11.3 Å². The van der Waals surface area contributed by atoms with Gasteiger partial charge in [0, 0.05) is 11.4 Å². The van der Waals surface area contributed by atoms with Crippen molar-refractivity contribution in [2.24, 2.45) is 0 Å². The molecular formula is C11H15NO3S. The third-order valence-electron chi connectivity index (χ3n) is 2.36. The molecule has 0 bridgehead atoms. The van der Waals surface area contributed by atoms with Crippen molar-refractivity contribution in [3.05, 3.63) is 22.4 Å². The van der Waals surface area contributed by atoms with E-state index < -0.39 is 6.10 Å². The lowest BCUT2D eigenvalue weighted by Crippen LogP contribution is -2.43. The summed E-state index contributed by atoms with van der Waals surface area (Å²) in [6.07, 6.45) is 0.439. The van der Waals surface area contributed by atoms with Crippen molar-refractivity contribution < 1.29 is 14.3 Å². The van der Waals surface area contributed by atoms with E-state index in [9.17, 15) is 4.79 Å². The molecule has 0 saturated carbocycles. The zero-order valence-electron chi connectivity index (χ0n) is 8.98. The summed E-state index contributed by atoms with van der Waals surface area (Å²) in [5.74, 6) is -0.0729. The molecule has 0 aromatic carbocycles. The maximum atomic E-state index is 11.6. The van der Waals surface area contributed by atoms with Crippen molar-refractivity contribution >= 4 is 17.2 Å². The molecule has 1 saturated heterocycles. The second kappa shape index (κ2) is 5.98. The monoisotopic (exact) mass is 241 g/mol. The summed E-state index contributed by atoms with van der Waals surface area (Å²) in [4.78, 5) is 12.9. The molecule has 0 aliphatic carbocycles. The SMILES string of the molecule is O=C(NCCc1cccs1)[C@@H]1COCCO1. The van der Waals surface area contributed by atoms with Gasteiger partial charge in [-0.3, -0.25) is 4.79 Å². The first-order valence-electron chi connectivity index (χ1n) is 5.36. The van der Waals surface area contributed by atoms with Gasteiger partial charge in [0.05, 0.1) is 19.8 Å². The molecule has 1 fully saturated rings. The molecule has 1 aromatic heterocycles. The van der Waals surface area contributed by atoms with Crippen LogP contribution in [0.3, 0.4) is 0 Å². The van der Waals surface area contributed by atoms with Gasteiger partial charge in [0.2, 0.25) is 0 Å². The topological polar surface area (TPSA) is 47.6 Å². The Morgan fingerprint density at radius 1 is 1.56 bits per heavy atom. The predicted molar refractivity (Wildman–Crippen MR) is 61.6 cm³/mol. The molecule has 1 atom stereocenters. The molecule has 1 aliphatic heterocycles. The van der Waals surface area contributed by atoms with Crippen molar-refractivity contribution in [3.63, 3.8) is 0 Å². The van der Waals surface area contributed by atoms with Crippen LogP contribution in [-0.2, 0) is 20.7 Å². The summed E-state index contributed by atoms with van der Waals surface area (Å²) >= 11 is 1.70. The lowest BCUT2D eigenvalue weighted by atomic mass is 10.3. The van der Waals surface area contributed by atoms with Gasteiger partial charge in [0.25, 0.3) is 5.91 Å². The van der Waals surface area contributed by atoms with Gasteiger partial charge in [0.15, 0.2) is 6.10 Å². The fourth-order valence-corrected chi connectivity index (χ4v) is 2.23. The van der Waals surface area contributed by atoms with Crippen LogP contribution in [0.5, 0.6) is 0 Å². The van der Waals surface area contributed by atoms with Crippen LogP contribution in [0, 0.1) is 0 Å². The molecule has 1 amide bonds. The zero-order chi connectivity index (χ0) is 11.2. The quantitative estimate of drug-likeness (QED) is 0.849. The molecule has 1 aliphatic rings. The number of nitrogens with one attached hydrogen (secondary N) is 1. The average Bonchev–Trinajstić information content (AvgIpc) is 2.83. The Hall–Kier alpha value is -0.910. The first-order chi connectivity index (χ1) is 7.86. The average molecular weight is 241 g/mol. The van der Waals surface area contributed by atoms with Gasteiger partial charge in [-0.2, -0.15) is 0 Å². The van der Waals surface area contributed by atoms with E-state index in [2.05, 4.69) is 11.4 Å². The Morgan fingerprint density at radius 2 is 2.50 bits per heavy atom.